The monoisotopic (exact) mass is 303 g/mol. The summed E-state index contributed by atoms with van der Waals surface area (Å²) in [5.41, 5.74) is -0.859. The summed E-state index contributed by atoms with van der Waals surface area (Å²) in [5, 5.41) is 11.5. The number of aliphatic hydroxyl groups excluding tert-OH is 1. The molecule has 0 aromatic heterocycles. The maximum Gasteiger partial charge on any atom is 0.407 e. The number of hydrogen-bond donors (Lipinski definition) is 2. The van der Waals surface area contributed by atoms with Crippen LogP contribution in [-0.4, -0.2) is 30.0 Å². The van der Waals surface area contributed by atoms with E-state index in [1.807, 2.05) is 0 Å². The second-order valence-corrected chi connectivity index (χ2v) is 5.27. The van der Waals surface area contributed by atoms with Crippen molar-refractivity contribution in [3.8, 4) is 5.75 Å². The smallest absolute Gasteiger partial charge is 0.407 e. The van der Waals surface area contributed by atoms with Gasteiger partial charge in [-0.05, 0) is 32.9 Å². The van der Waals surface area contributed by atoms with Crippen LogP contribution in [0.2, 0.25) is 0 Å². The van der Waals surface area contributed by atoms with Crippen LogP contribution in [0.1, 0.15) is 26.3 Å². The zero-order valence-electron chi connectivity index (χ0n) is 12.2. The van der Waals surface area contributed by atoms with Crippen LogP contribution in [-0.2, 0) is 11.3 Å². The van der Waals surface area contributed by atoms with Gasteiger partial charge in [-0.3, -0.25) is 0 Å². The Kier molecular flexibility index (Phi) is 5.90. The number of benzene rings is 1. The molecule has 21 heavy (non-hydrogen) atoms. The fourth-order valence-electron chi connectivity index (χ4n) is 1.49. The molecule has 0 aliphatic heterocycles. The van der Waals surface area contributed by atoms with Crippen molar-refractivity contribution in [2.45, 2.75) is 33.0 Å². The van der Waals surface area contributed by atoms with Gasteiger partial charge in [0.1, 0.15) is 18.0 Å². The normalized spacial score (nSPS) is 11.1. The van der Waals surface area contributed by atoms with Gasteiger partial charge in [0.25, 0.3) is 0 Å². The number of nitrogens with one attached hydrogen (secondary N) is 1. The van der Waals surface area contributed by atoms with E-state index >= 15 is 0 Å². The van der Waals surface area contributed by atoms with E-state index in [0.717, 1.165) is 6.07 Å². The number of ether oxygens (including phenoxy) is 2. The first-order valence-corrected chi connectivity index (χ1v) is 6.42. The van der Waals surface area contributed by atoms with Crippen LogP contribution in [0.4, 0.5) is 13.6 Å². The molecule has 118 valence electrons. The van der Waals surface area contributed by atoms with Gasteiger partial charge in [-0.1, -0.05) is 0 Å². The SMILES string of the molecule is CC(C)(C)OC(=O)NCCOc1ccc(F)c(F)c1CO. The molecule has 0 aliphatic carbocycles. The number of aliphatic hydroxyl groups is 1. The summed E-state index contributed by atoms with van der Waals surface area (Å²) in [5.74, 6) is -2.17. The molecule has 1 amide bonds. The summed E-state index contributed by atoms with van der Waals surface area (Å²) in [6, 6.07) is 2.13. The van der Waals surface area contributed by atoms with Crippen molar-refractivity contribution < 1.29 is 28.2 Å². The number of carbonyl (C=O) groups is 1. The van der Waals surface area contributed by atoms with Gasteiger partial charge in [0, 0.05) is 0 Å². The lowest BCUT2D eigenvalue weighted by atomic mass is 10.2. The number of rotatable bonds is 5. The second kappa shape index (κ2) is 7.21. The van der Waals surface area contributed by atoms with E-state index < -0.39 is 29.9 Å². The Bertz CT molecular complexity index is 500. The van der Waals surface area contributed by atoms with Crippen LogP contribution >= 0.6 is 0 Å². The quantitative estimate of drug-likeness (QED) is 0.819. The van der Waals surface area contributed by atoms with Crippen LogP contribution in [0.5, 0.6) is 5.75 Å². The summed E-state index contributed by atoms with van der Waals surface area (Å²) in [4.78, 5) is 11.4. The first-order valence-electron chi connectivity index (χ1n) is 6.42. The molecule has 1 rings (SSSR count). The summed E-state index contributed by atoms with van der Waals surface area (Å²) in [6.45, 7) is 4.67. The average molecular weight is 303 g/mol. The highest BCUT2D eigenvalue weighted by Crippen LogP contribution is 2.23. The molecule has 7 heteroatoms. The molecule has 1 aromatic rings. The maximum atomic E-state index is 13.4. The molecular formula is C14H19F2NO4. The fourth-order valence-corrected chi connectivity index (χ4v) is 1.49. The van der Waals surface area contributed by atoms with Crippen molar-refractivity contribution in [2.75, 3.05) is 13.2 Å². The molecule has 0 aliphatic rings. The molecule has 0 unspecified atom stereocenters. The molecule has 0 bridgehead atoms. The van der Waals surface area contributed by atoms with Gasteiger partial charge in [0.2, 0.25) is 0 Å². The molecule has 0 saturated heterocycles. The van der Waals surface area contributed by atoms with E-state index in [9.17, 15) is 13.6 Å². The van der Waals surface area contributed by atoms with E-state index in [0.29, 0.717) is 0 Å². The summed E-state index contributed by atoms with van der Waals surface area (Å²) < 4.78 is 36.6. The highest BCUT2D eigenvalue weighted by molar-refractivity contribution is 5.67. The minimum atomic E-state index is -1.14. The van der Waals surface area contributed by atoms with Crippen molar-refractivity contribution in [3.05, 3.63) is 29.3 Å². The standard InChI is InChI=1S/C14H19F2NO4/c1-14(2,3)21-13(19)17-6-7-20-11-5-4-10(15)12(16)9(11)8-18/h4-5,18H,6-8H2,1-3H3,(H,17,19). The zero-order chi connectivity index (χ0) is 16.0. The van der Waals surface area contributed by atoms with Crippen molar-refractivity contribution in [1.29, 1.82) is 0 Å². The fraction of sp³-hybridized carbons (Fsp3) is 0.500. The molecule has 2 N–H and O–H groups in total. The predicted octanol–water partition coefficient (Wildman–Crippen LogP) is 2.36. The molecule has 1 aromatic carbocycles. The Labute approximate surface area is 121 Å². The predicted molar refractivity (Wildman–Crippen MR) is 72.0 cm³/mol. The van der Waals surface area contributed by atoms with E-state index in [-0.39, 0.29) is 24.5 Å². The third kappa shape index (κ3) is 5.55. The third-order valence-electron chi connectivity index (χ3n) is 2.34. The molecule has 0 saturated carbocycles. The Morgan fingerprint density at radius 3 is 2.57 bits per heavy atom. The molecule has 0 fully saturated rings. The number of alkyl carbamates (subject to hydrolysis) is 1. The summed E-state index contributed by atoms with van der Waals surface area (Å²) in [6.07, 6.45) is -0.598. The lowest BCUT2D eigenvalue weighted by Gasteiger charge is -2.19. The van der Waals surface area contributed by atoms with Gasteiger partial charge < -0.3 is 19.9 Å². The summed E-state index contributed by atoms with van der Waals surface area (Å²) in [7, 11) is 0. The van der Waals surface area contributed by atoms with Gasteiger partial charge in [0.15, 0.2) is 11.6 Å². The van der Waals surface area contributed by atoms with Gasteiger partial charge in [-0.2, -0.15) is 0 Å². The number of halogens is 2. The average Bonchev–Trinajstić information content (AvgIpc) is 2.36. The first-order chi connectivity index (χ1) is 9.74. The van der Waals surface area contributed by atoms with Crippen LogP contribution in [0.15, 0.2) is 12.1 Å². The minimum absolute atomic E-state index is 0.0251. The second-order valence-electron chi connectivity index (χ2n) is 5.27. The van der Waals surface area contributed by atoms with E-state index in [4.69, 9.17) is 14.6 Å². The Morgan fingerprint density at radius 2 is 2.00 bits per heavy atom. The van der Waals surface area contributed by atoms with Crippen molar-refractivity contribution >= 4 is 6.09 Å². The van der Waals surface area contributed by atoms with Gasteiger partial charge in [-0.15, -0.1) is 0 Å². The molecular weight excluding hydrogens is 284 g/mol. The molecule has 0 heterocycles. The summed E-state index contributed by atoms with van der Waals surface area (Å²) >= 11 is 0. The van der Waals surface area contributed by atoms with E-state index in [1.165, 1.54) is 6.07 Å². The topological polar surface area (TPSA) is 67.8 Å². The van der Waals surface area contributed by atoms with Crippen LogP contribution < -0.4 is 10.1 Å². The molecule has 5 nitrogen and oxygen atoms in total. The van der Waals surface area contributed by atoms with Crippen molar-refractivity contribution in [2.24, 2.45) is 0 Å². The lowest BCUT2D eigenvalue weighted by Crippen LogP contribution is -2.34. The Morgan fingerprint density at radius 1 is 1.33 bits per heavy atom. The zero-order valence-corrected chi connectivity index (χ0v) is 12.2. The van der Waals surface area contributed by atoms with Crippen LogP contribution in [0.3, 0.4) is 0 Å². The highest BCUT2D eigenvalue weighted by Gasteiger charge is 2.16. The van der Waals surface area contributed by atoms with Gasteiger partial charge in [0.05, 0.1) is 18.7 Å². The van der Waals surface area contributed by atoms with Gasteiger partial charge in [-0.25, -0.2) is 13.6 Å². The number of carbonyl (C=O) groups excluding carboxylic acids is 1. The van der Waals surface area contributed by atoms with Crippen LogP contribution in [0, 0.1) is 11.6 Å². The largest absolute Gasteiger partial charge is 0.491 e. The number of amides is 1. The molecule has 0 radical (unpaired) electrons. The molecule has 0 spiro atoms. The van der Waals surface area contributed by atoms with Gasteiger partial charge >= 0.3 is 6.09 Å². The highest BCUT2D eigenvalue weighted by atomic mass is 19.2. The lowest BCUT2D eigenvalue weighted by molar-refractivity contribution is 0.0520. The Balaban J connectivity index is 2.47. The third-order valence-corrected chi connectivity index (χ3v) is 2.34. The molecule has 0 atom stereocenters. The first kappa shape index (κ1) is 17.2. The maximum absolute atomic E-state index is 13.4. The van der Waals surface area contributed by atoms with Crippen molar-refractivity contribution in [3.63, 3.8) is 0 Å². The van der Waals surface area contributed by atoms with E-state index in [1.54, 1.807) is 20.8 Å². The number of hydrogen-bond acceptors (Lipinski definition) is 4. The minimum Gasteiger partial charge on any atom is -0.491 e. The van der Waals surface area contributed by atoms with E-state index in [2.05, 4.69) is 5.32 Å². The van der Waals surface area contributed by atoms with Crippen LogP contribution in [0.25, 0.3) is 0 Å². The Hall–Kier alpha value is -1.89. The van der Waals surface area contributed by atoms with Crippen molar-refractivity contribution in [1.82, 2.24) is 5.32 Å².